The lowest BCUT2D eigenvalue weighted by atomic mass is 9.95. The van der Waals surface area contributed by atoms with E-state index in [0.717, 1.165) is 35.7 Å². The van der Waals surface area contributed by atoms with Crippen molar-refractivity contribution in [3.05, 3.63) is 17.7 Å². The predicted octanol–water partition coefficient (Wildman–Crippen LogP) is 2.40. The molecule has 1 aromatic carbocycles. The minimum atomic E-state index is -0.424. The number of hydrogen-bond donors (Lipinski definition) is 2. The minimum Gasteiger partial charge on any atom is -0.397 e. The first-order chi connectivity index (χ1) is 9.79. The van der Waals surface area contributed by atoms with Gasteiger partial charge in [-0.25, -0.2) is 0 Å². The van der Waals surface area contributed by atoms with Gasteiger partial charge in [-0.15, -0.1) is 0 Å². The fourth-order valence-corrected chi connectivity index (χ4v) is 2.24. The second kappa shape index (κ2) is 5.93. The lowest BCUT2D eigenvalue weighted by Crippen LogP contribution is -2.36. The second-order valence-electron chi connectivity index (χ2n) is 6.53. The molecule has 1 heterocycles. The number of nitrogens with two attached hydrogens (primary N) is 1. The second-order valence-corrected chi connectivity index (χ2v) is 6.53. The van der Waals surface area contributed by atoms with E-state index in [1.165, 1.54) is 0 Å². The number of nitrogens with zero attached hydrogens (tertiary/aromatic N) is 1. The van der Waals surface area contributed by atoms with Crippen molar-refractivity contribution in [1.29, 1.82) is 0 Å². The van der Waals surface area contributed by atoms with Crippen LogP contribution in [0.5, 0.6) is 0 Å². The molecule has 116 valence electrons. The number of carbonyl (C=O) groups excluding carboxylic acids is 1. The maximum absolute atomic E-state index is 12.2. The number of rotatable bonds is 2. The Kier molecular flexibility index (Phi) is 4.42. The minimum absolute atomic E-state index is 0.00305. The van der Waals surface area contributed by atoms with Crippen LogP contribution in [0.2, 0.25) is 0 Å². The number of ether oxygens (including phenoxy) is 1. The third-order valence-electron chi connectivity index (χ3n) is 3.65. The molecule has 5 nitrogen and oxygen atoms in total. The number of amides is 1. The molecular formula is C16H25N3O2. The Hall–Kier alpha value is -1.75. The average molecular weight is 291 g/mol. The molecule has 1 aliphatic heterocycles. The molecule has 5 heteroatoms. The molecule has 0 aromatic heterocycles. The average Bonchev–Trinajstić information content (AvgIpc) is 2.41. The normalized spacial score (nSPS) is 15.9. The molecule has 0 bridgehead atoms. The largest absolute Gasteiger partial charge is 0.397 e. The first kappa shape index (κ1) is 15.6. The number of carbonyl (C=O) groups is 1. The van der Waals surface area contributed by atoms with Gasteiger partial charge in [-0.2, -0.15) is 0 Å². The van der Waals surface area contributed by atoms with E-state index >= 15 is 0 Å². The van der Waals surface area contributed by atoms with Crippen molar-refractivity contribution in [3.63, 3.8) is 0 Å². The van der Waals surface area contributed by atoms with Gasteiger partial charge in [-0.05, 0) is 24.6 Å². The highest BCUT2D eigenvalue weighted by Crippen LogP contribution is 2.31. The van der Waals surface area contributed by atoms with Crippen LogP contribution in [0.15, 0.2) is 12.1 Å². The van der Waals surface area contributed by atoms with Crippen molar-refractivity contribution in [2.45, 2.75) is 27.7 Å². The molecule has 21 heavy (non-hydrogen) atoms. The van der Waals surface area contributed by atoms with Gasteiger partial charge in [0.25, 0.3) is 0 Å². The maximum Gasteiger partial charge on any atom is 0.229 e. The molecule has 2 rings (SSSR count). The summed E-state index contributed by atoms with van der Waals surface area (Å²) in [5.41, 5.74) is 9.22. The summed E-state index contributed by atoms with van der Waals surface area (Å²) in [6.45, 7) is 10.7. The lowest BCUT2D eigenvalue weighted by Gasteiger charge is -2.30. The molecule has 0 saturated carbocycles. The van der Waals surface area contributed by atoms with Gasteiger partial charge < -0.3 is 20.7 Å². The van der Waals surface area contributed by atoms with Crippen LogP contribution >= 0.6 is 0 Å². The van der Waals surface area contributed by atoms with E-state index in [0.29, 0.717) is 13.2 Å². The molecule has 0 radical (unpaired) electrons. The van der Waals surface area contributed by atoms with Gasteiger partial charge in [-0.1, -0.05) is 20.8 Å². The summed E-state index contributed by atoms with van der Waals surface area (Å²) >= 11 is 0. The number of hydrogen-bond acceptors (Lipinski definition) is 4. The van der Waals surface area contributed by atoms with Crippen molar-refractivity contribution < 1.29 is 9.53 Å². The van der Waals surface area contributed by atoms with Crippen LogP contribution in [0.4, 0.5) is 17.1 Å². The van der Waals surface area contributed by atoms with Gasteiger partial charge in [0.05, 0.1) is 24.6 Å². The third-order valence-corrected chi connectivity index (χ3v) is 3.65. The smallest absolute Gasteiger partial charge is 0.229 e. The van der Waals surface area contributed by atoms with Crippen molar-refractivity contribution in [3.8, 4) is 0 Å². The van der Waals surface area contributed by atoms with Crippen LogP contribution in [-0.2, 0) is 9.53 Å². The standard InChI is InChI=1S/C16H25N3O2/c1-11-9-12(17)14(19-5-7-21-8-6-19)10-13(11)18-15(20)16(2,3)4/h9-10H,5-8,17H2,1-4H3,(H,18,20). The maximum atomic E-state index is 12.2. The molecule has 0 spiro atoms. The quantitative estimate of drug-likeness (QED) is 0.821. The zero-order chi connectivity index (χ0) is 15.6. The fourth-order valence-electron chi connectivity index (χ4n) is 2.24. The van der Waals surface area contributed by atoms with E-state index in [1.807, 2.05) is 39.8 Å². The van der Waals surface area contributed by atoms with Crippen LogP contribution < -0.4 is 16.0 Å². The van der Waals surface area contributed by atoms with E-state index in [1.54, 1.807) is 0 Å². The highest BCUT2D eigenvalue weighted by atomic mass is 16.5. The topological polar surface area (TPSA) is 67.6 Å². The Bertz CT molecular complexity index is 529. The van der Waals surface area contributed by atoms with Crippen molar-refractivity contribution in [1.82, 2.24) is 0 Å². The highest BCUT2D eigenvalue weighted by Gasteiger charge is 2.23. The van der Waals surface area contributed by atoms with Gasteiger partial charge in [0, 0.05) is 24.2 Å². The molecule has 0 aliphatic carbocycles. The van der Waals surface area contributed by atoms with Gasteiger partial charge in [0.2, 0.25) is 5.91 Å². The lowest BCUT2D eigenvalue weighted by molar-refractivity contribution is -0.123. The number of nitrogens with one attached hydrogen (secondary N) is 1. The number of aryl methyl sites for hydroxylation is 1. The molecule has 1 aliphatic rings. The van der Waals surface area contributed by atoms with Gasteiger partial charge in [0.1, 0.15) is 0 Å². The predicted molar refractivity (Wildman–Crippen MR) is 86.7 cm³/mol. The molecule has 0 unspecified atom stereocenters. The Morgan fingerprint density at radius 2 is 1.90 bits per heavy atom. The summed E-state index contributed by atoms with van der Waals surface area (Å²) in [7, 11) is 0. The van der Waals surface area contributed by atoms with Gasteiger partial charge >= 0.3 is 0 Å². The van der Waals surface area contributed by atoms with E-state index in [-0.39, 0.29) is 5.91 Å². The zero-order valence-corrected chi connectivity index (χ0v) is 13.3. The monoisotopic (exact) mass is 291 g/mol. The molecule has 1 aromatic rings. The highest BCUT2D eigenvalue weighted by molar-refractivity contribution is 5.96. The number of benzene rings is 1. The number of morpholine rings is 1. The molecule has 3 N–H and O–H groups in total. The Labute approximate surface area is 126 Å². The van der Waals surface area contributed by atoms with Crippen LogP contribution in [-0.4, -0.2) is 32.2 Å². The van der Waals surface area contributed by atoms with Crippen molar-refractivity contribution in [2.75, 3.05) is 42.3 Å². The number of nitrogen functional groups attached to an aromatic ring is 1. The summed E-state index contributed by atoms with van der Waals surface area (Å²) in [4.78, 5) is 14.4. The van der Waals surface area contributed by atoms with Crippen molar-refractivity contribution >= 4 is 23.0 Å². The summed E-state index contributed by atoms with van der Waals surface area (Å²) in [6.07, 6.45) is 0. The molecule has 0 atom stereocenters. The van der Waals surface area contributed by atoms with E-state index < -0.39 is 5.41 Å². The summed E-state index contributed by atoms with van der Waals surface area (Å²) < 4.78 is 5.37. The fraction of sp³-hybridized carbons (Fsp3) is 0.562. The molecule has 1 saturated heterocycles. The third kappa shape index (κ3) is 3.67. The van der Waals surface area contributed by atoms with E-state index in [4.69, 9.17) is 10.5 Å². The summed E-state index contributed by atoms with van der Waals surface area (Å²) in [5, 5.41) is 3.00. The van der Waals surface area contributed by atoms with Crippen molar-refractivity contribution in [2.24, 2.45) is 5.41 Å². The van der Waals surface area contributed by atoms with E-state index in [9.17, 15) is 4.79 Å². The van der Waals surface area contributed by atoms with Crippen LogP contribution in [0, 0.1) is 12.3 Å². The van der Waals surface area contributed by atoms with Crippen LogP contribution in [0.3, 0.4) is 0 Å². The molecular weight excluding hydrogens is 266 g/mol. The Balaban J connectivity index is 2.27. The van der Waals surface area contributed by atoms with Gasteiger partial charge in [-0.3, -0.25) is 4.79 Å². The summed E-state index contributed by atoms with van der Waals surface area (Å²) in [5.74, 6) is 0.00305. The number of anilines is 3. The van der Waals surface area contributed by atoms with Crippen LogP contribution in [0.1, 0.15) is 26.3 Å². The zero-order valence-electron chi connectivity index (χ0n) is 13.3. The SMILES string of the molecule is Cc1cc(N)c(N2CCOCC2)cc1NC(=O)C(C)(C)C. The molecule has 1 amide bonds. The van der Waals surface area contributed by atoms with Gasteiger partial charge in [0.15, 0.2) is 0 Å². The Morgan fingerprint density at radius 3 is 2.48 bits per heavy atom. The first-order valence-corrected chi connectivity index (χ1v) is 7.33. The first-order valence-electron chi connectivity index (χ1n) is 7.33. The van der Waals surface area contributed by atoms with Crippen LogP contribution in [0.25, 0.3) is 0 Å². The Morgan fingerprint density at radius 1 is 1.29 bits per heavy atom. The summed E-state index contributed by atoms with van der Waals surface area (Å²) in [6, 6.07) is 3.89. The molecule has 1 fully saturated rings. The van der Waals surface area contributed by atoms with E-state index in [2.05, 4.69) is 10.2 Å².